The zero-order valence-electron chi connectivity index (χ0n) is 19.0. The molecule has 1 amide bonds. The third kappa shape index (κ3) is 3.56. The molecule has 0 spiro atoms. The van der Waals surface area contributed by atoms with Crippen molar-refractivity contribution in [2.45, 2.75) is 32.4 Å². The molecule has 172 valence electrons. The Bertz CT molecular complexity index is 1390. The number of aliphatic hydroxyl groups excluding tert-OH is 1. The van der Waals surface area contributed by atoms with Crippen LogP contribution in [-0.4, -0.2) is 44.8 Å². The van der Waals surface area contributed by atoms with Gasteiger partial charge < -0.3 is 20.6 Å². The van der Waals surface area contributed by atoms with Gasteiger partial charge >= 0.3 is 0 Å². The number of aromatic nitrogens is 3. The lowest BCUT2D eigenvalue weighted by Crippen LogP contribution is -2.35. The summed E-state index contributed by atoms with van der Waals surface area (Å²) in [6.45, 7) is 4.21. The van der Waals surface area contributed by atoms with Crippen LogP contribution in [0.5, 0.6) is 0 Å². The molecule has 3 N–H and O–H groups in total. The van der Waals surface area contributed by atoms with E-state index in [0.717, 1.165) is 65.1 Å². The van der Waals surface area contributed by atoms with Crippen LogP contribution < -0.4 is 15.5 Å². The van der Waals surface area contributed by atoms with Crippen LogP contribution in [0.2, 0.25) is 0 Å². The van der Waals surface area contributed by atoms with Gasteiger partial charge in [-0.3, -0.25) is 4.79 Å². The maximum atomic E-state index is 12.8. The van der Waals surface area contributed by atoms with Gasteiger partial charge in [0.2, 0.25) is 0 Å². The second-order valence-electron chi connectivity index (χ2n) is 9.04. The van der Waals surface area contributed by atoms with Crippen molar-refractivity contribution in [3.8, 4) is 11.1 Å². The molecule has 1 aromatic carbocycles. The summed E-state index contributed by atoms with van der Waals surface area (Å²) in [5.74, 6) is 0.428. The highest BCUT2D eigenvalue weighted by atomic mass is 16.3. The van der Waals surface area contributed by atoms with Crippen LogP contribution in [0.25, 0.3) is 16.6 Å². The van der Waals surface area contributed by atoms with Gasteiger partial charge in [-0.15, -0.1) is 0 Å². The smallest absolute Gasteiger partial charge is 0.255 e. The second-order valence-corrected chi connectivity index (χ2v) is 9.04. The van der Waals surface area contributed by atoms with Crippen molar-refractivity contribution in [1.29, 1.82) is 0 Å². The van der Waals surface area contributed by atoms with E-state index in [-0.39, 0.29) is 12.0 Å². The number of hydrogen-bond donors (Lipinski definition) is 3. The number of hydrogen-bond acceptors (Lipinski definition) is 6. The monoisotopic (exact) mass is 454 g/mol. The van der Waals surface area contributed by atoms with Crippen molar-refractivity contribution >= 4 is 28.6 Å². The summed E-state index contributed by atoms with van der Waals surface area (Å²) in [6.07, 6.45) is 7.05. The Balaban J connectivity index is 1.31. The standard InChI is InChI=1S/C26H26N6O2/c1-16-2-7-23-21(14-29-32(23)15-16)20-12-27-25(24-22(20)13-28-26(24)34)30-17-3-5-18(6-4-17)31-10-8-19(33)9-11-31/h2-7,12,14-15,19,33H,8-11,13H2,1H3,(H,27,30)(H,28,34). The molecule has 34 heavy (non-hydrogen) atoms. The molecule has 0 aliphatic carbocycles. The number of anilines is 3. The molecule has 6 rings (SSSR count). The molecule has 8 nitrogen and oxygen atoms in total. The van der Waals surface area contributed by atoms with Crippen molar-refractivity contribution < 1.29 is 9.90 Å². The van der Waals surface area contributed by atoms with Gasteiger partial charge in [-0.1, -0.05) is 6.07 Å². The first kappa shape index (κ1) is 20.7. The number of nitrogens with zero attached hydrogens (tertiary/aromatic N) is 4. The Morgan fingerprint density at radius 2 is 1.85 bits per heavy atom. The fraction of sp³-hybridized carbons (Fsp3) is 0.269. The summed E-state index contributed by atoms with van der Waals surface area (Å²) in [4.78, 5) is 19.7. The number of aliphatic hydroxyl groups is 1. The minimum Gasteiger partial charge on any atom is -0.393 e. The van der Waals surface area contributed by atoms with E-state index < -0.39 is 0 Å². The molecule has 2 aliphatic rings. The average Bonchev–Trinajstić information content (AvgIpc) is 3.44. The topological polar surface area (TPSA) is 94.8 Å². The summed E-state index contributed by atoms with van der Waals surface area (Å²) in [5, 5.41) is 20.5. The number of piperidine rings is 1. The maximum Gasteiger partial charge on any atom is 0.255 e. The van der Waals surface area contributed by atoms with E-state index in [1.807, 2.05) is 48.2 Å². The van der Waals surface area contributed by atoms with E-state index in [1.165, 1.54) is 0 Å². The lowest BCUT2D eigenvalue weighted by molar-refractivity contribution is 0.0966. The van der Waals surface area contributed by atoms with Crippen LogP contribution in [0.4, 0.5) is 17.2 Å². The highest BCUT2D eigenvalue weighted by Crippen LogP contribution is 2.35. The normalized spacial score (nSPS) is 16.1. The van der Waals surface area contributed by atoms with Gasteiger partial charge in [0.15, 0.2) is 0 Å². The van der Waals surface area contributed by atoms with E-state index in [0.29, 0.717) is 17.9 Å². The van der Waals surface area contributed by atoms with Crippen LogP contribution in [0.3, 0.4) is 0 Å². The molecule has 3 aromatic heterocycles. The van der Waals surface area contributed by atoms with Crippen molar-refractivity contribution in [3.05, 3.63) is 71.7 Å². The molecular formula is C26H26N6O2. The molecule has 1 fully saturated rings. The number of rotatable bonds is 4. The van der Waals surface area contributed by atoms with Crippen LogP contribution in [0.1, 0.15) is 34.3 Å². The minimum atomic E-state index is -0.190. The molecule has 2 aliphatic heterocycles. The number of pyridine rings is 2. The van der Waals surface area contributed by atoms with E-state index in [2.05, 4.69) is 43.8 Å². The first-order valence-electron chi connectivity index (χ1n) is 11.6. The summed E-state index contributed by atoms with van der Waals surface area (Å²) >= 11 is 0. The number of benzene rings is 1. The lowest BCUT2D eigenvalue weighted by atomic mass is 10.00. The first-order chi connectivity index (χ1) is 16.6. The first-order valence-corrected chi connectivity index (χ1v) is 11.6. The number of carbonyl (C=O) groups excluding carboxylic acids is 1. The van der Waals surface area contributed by atoms with Crippen LogP contribution in [0.15, 0.2) is 55.0 Å². The number of aryl methyl sites for hydroxylation is 1. The Morgan fingerprint density at radius 3 is 2.65 bits per heavy atom. The molecule has 5 heterocycles. The van der Waals surface area contributed by atoms with Gasteiger partial charge in [-0.2, -0.15) is 5.10 Å². The van der Waals surface area contributed by atoms with E-state index in [9.17, 15) is 9.90 Å². The number of fused-ring (bicyclic) bond motifs is 2. The zero-order valence-corrected chi connectivity index (χ0v) is 19.0. The van der Waals surface area contributed by atoms with E-state index in [1.54, 1.807) is 0 Å². The molecule has 0 radical (unpaired) electrons. The Kier molecular flexibility index (Phi) is 4.95. The summed E-state index contributed by atoms with van der Waals surface area (Å²) in [6, 6.07) is 12.2. The predicted octanol–water partition coefficient (Wildman–Crippen LogP) is 3.65. The molecule has 8 heteroatoms. The molecule has 0 saturated carbocycles. The van der Waals surface area contributed by atoms with E-state index >= 15 is 0 Å². The van der Waals surface area contributed by atoms with Crippen molar-refractivity contribution in [2.75, 3.05) is 23.3 Å². The largest absolute Gasteiger partial charge is 0.393 e. The quantitative estimate of drug-likeness (QED) is 0.436. The Hall–Kier alpha value is -3.91. The van der Waals surface area contributed by atoms with Gasteiger partial charge in [-0.05, 0) is 61.2 Å². The summed E-state index contributed by atoms with van der Waals surface area (Å²) in [7, 11) is 0. The summed E-state index contributed by atoms with van der Waals surface area (Å²) < 4.78 is 1.86. The fourth-order valence-corrected chi connectivity index (χ4v) is 4.87. The van der Waals surface area contributed by atoms with Gasteiger partial charge in [0.1, 0.15) is 5.82 Å². The average molecular weight is 455 g/mol. The van der Waals surface area contributed by atoms with Gasteiger partial charge in [0.25, 0.3) is 5.91 Å². The van der Waals surface area contributed by atoms with Crippen LogP contribution >= 0.6 is 0 Å². The highest BCUT2D eigenvalue weighted by molar-refractivity contribution is 6.05. The molecule has 1 saturated heterocycles. The predicted molar refractivity (Wildman–Crippen MR) is 132 cm³/mol. The lowest BCUT2D eigenvalue weighted by Gasteiger charge is -2.31. The number of carbonyl (C=O) groups is 1. The molecule has 0 unspecified atom stereocenters. The van der Waals surface area contributed by atoms with Crippen LogP contribution in [-0.2, 0) is 6.54 Å². The Morgan fingerprint density at radius 1 is 1.06 bits per heavy atom. The number of nitrogens with one attached hydrogen (secondary N) is 2. The number of amides is 1. The van der Waals surface area contributed by atoms with Gasteiger partial charge in [0.05, 0.1) is 23.4 Å². The SMILES string of the molecule is Cc1ccc2c(-c3cnc(Nc4ccc(N5CCC(O)CC5)cc4)c4c3CNC4=O)cnn2c1. The highest BCUT2D eigenvalue weighted by Gasteiger charge is 2.28. The summed E-state index contributed by atoms with van der Waals surface area (Å²) in [5.41, 5.74) is 7.51. The third-order valence-corrected chi connectivity index (χ3v) is 6.75. The van der Waals surface area contributed by atoms with Gasteiger partial charge in [0, 0.05) is 54.5 Å². The van der Waals surface area contributed by atoms with Crippen molar-refractivity contribution in [3.63, 3.8) is 0 Å². The maximum absolute atomic E-state index is 12.8. The second kappa shape index (κ2) is 8.14. The zero-order chi connectivity index (χ0) is 23.2. The van der Waals surface area contributed by atoms with Crippen molar-refractivity contribution in [2.24, 2.45) is 0 Å². The fourth-order valence-electron chi connectivity index (χ4n) is 4.87. The molecular weight excluding hydrogens is 428 g/mol. The molecule has 4 aromatic rings. The molecule has 0 atom stereocenters. The van der Waals surface area contributed by atoms with E-state index in [4.69, 9.17) is 0 Å². The van der Waals surface area contributed by atoms with Crippen molar-refractivity contribution in [1.82, 2.24) is 19.9 Å². The third-order valence-electron chi connectivity index (χ3n) is 6.75. The van der Waals surface area contributed by atoms with Crippen LogP contribution in [0, 0.1) is 6.92 Å². The van der Waals surface area contributed by atoms with Gasteiger partial charge in [-0.25, -0.2) is 9.50 Å². The molecule has 0 bridgehead atoms. The minimum absolute atomic E-state index is 0.123. The Labute approximate surface area is 197 Å².